The van der Waals surface area contributed by atoms with Gasteiger partial charge in [-0.15, -0.1) is 0 Å². The lowest BCUT2D eigenvalue weighted by Gasteiger charge is -2.58. The smallest absolute Gasteiger partial charge is 0.407 e. The van der Waals surface area contributed by atoms with Crippen LogP contribution in [-0.4, -0.2) is 52.2 Å². The monoisotopic (exact) mass is 487 g/mol. The van der Waals surface area contributed by atoms with Gasteiger partial charge in [-0.3, -0.25) is 4.79 Å². The fourth-order valence-electron chi connectivity index (χ4n) is 6.61. The van der Waals surface area contributed by atoms with Crippen LogP contribution in [0.1, 0.15) is 81.8 Å². The van der Waals surface area contributed by atoms with Crippen molar-refractivity contribution < 1.29 is 23.9 Å². The van der Waals surface area contributed by atoms with Crippen LogP contribution < -0.4 is 16.4 Å². The predicted octanol–water partition coefficient (Wildman–Crippen LogP) is 3.38. The Labute approximate surface area is 206 Å². The molecule has 4 aliphatic carbocycles. The van der Waals surface area contributed by atoms with Crippen molar-refractivity contribution in [1.29, 1.82) is 0 Å². The van der Waals surface area contributed by atoms with E-state index in [9.17, 15) is 14.4 Å². The molecule has 2 atom stereocenters. The van der Waals surface area contributed by atoms with Crippen LogP contribution in [-0.2, 0) is 9.47 Å². The second kappa shape index (κ2) is 9.20. The van der Waals surface area contributed by atoms with Gasteiger partial charge in [-0.05, 0) is 75.7 Å². The minimum atomic E-state index is -0.709. The van der Waals surface area contributed by atoms with E-state index in [2.05, 4.69) is 20.5 Å². The highest BCUT2D eigenvalue weighted by atomic mass is 16.6. The minimum Gasteiger partial charge on any atom is -0.453 e. The summed E-state index contributed by atoms with van der Waals surface area (Å²) >= 11 is 0. The number of hydrogen-bond acceptors (Lipinski definition) is 6. The maximum atomic E-state index is 13.5. The van der Waals surface area contributed by atoms with Gasteiger partial charge >= 0.3 is 12.2 Å². The number of primary amides is 1. The third kappa shape index (κ3) is 5.16. The number of rotatable bonds is 7. The topological polar surface area (TPSA) is 138 Å². The van der Waals surface area contributed by atoms with Crippen LogP contribution in [0.15, 0.2) is 12.3 Å². The Kier molecular flexibility index (Phi) is 6.59. The summed E-state index contributed by atoms with van der Waals surface area (Å²) in [7, 11) is 1.32. The number of carbonyl (C=O) groups excluding carboxylic acids is 3. The van der Waals surface area contributed by atoms with Crippen LogP contribution in [0.3, 0.4) is 0 Å². The first-order chi connectivity index (χ1) is 16.4. The van der Waals surface area contributed by atoms with Gasteiger partial charge in [0.05, 0.1) is 30.1 Å². The average molecular weight is 488 g/mol. The van der Waals surface area contributed by atoms with Gasteiger partial charge in [-0.2, -0.15) is 5.10 Å². The summed E-state index contributed by atoms with van der Waals surface area (Å²) in [6, 6.07) is 0.0470. The summed E-state index contributed by atoms with van der Waals surface area (Å²) in [5.41, 5.74) is 5.57. The lowest BCUT2D eigenvalue weighted by Crippen LogP contribution is -2.63. The molecule has 4 N–H and O–H groups in total. The molecule has 0 aromatic carbocycles. The predicted molar refractivity (Wildman–Crippen MR) is 129 cm³/mol. The molecule has 192 valence electrons. The number of aromatic nitrogens is 2. The lowest BCUT2D eigenvalue weighted by molar-refractivity contribution is -0.137. The molecular weight excluding hydrogens is 450 g/mol. The molecule has 2 unspecified atom stereocenters. The van der Waals surface area contributed by atoms with E-state index in [1.54, 1.807) is 23.2 Å². The van der Waals surface area contributed by atoms with Gasteiger partial charge in [0.1, 0.15) is 5.60 Å². The van der Waals surface area contributed by atoms with Crippen LogP contribution in [0.5, 0.6) is 0 Å². The number of hydrogen-bond donors (Lipinski definition) is 3. The second-order valence-corrected chi connectivity index (χ2v) is 11.3. The number of methoxy groups -OCH3 is 1. The Hall–Kier alpha value is -3.04. The number of carbonyl (C=O) groups is 3. The maximum Gasteiger partial charge on any atom is 0.407 e. The first-order valence-electron chi connectivity index (χ1n) is 12.3. The largest absolute Gasteiger partial charge is 0.453 e. The number of ether oxygens (including phenoxy) is 2. The fraction of sp³-hybridized carbons (Fsp3) is 0.680. The van der Waals surface area contributed by atoms with Gasteiger partial charge in [0, 0.05) is 12.2 Å². The molecule has 5 rings (SSSR count). The molecule has 1 aromatic rings. The highest BCUT2D eigenvalue weighted by molar-refractivity contribution is 5.95. The zero-order valence-corrected chi connectivity index (χ0v) is 21.2. The van der Waals surface area contributed by atoms with Crippen molar-refractivity contribution in [2.24, 2.45) is 23.5 Å². The number of alkyl carbamates (subject to hydrolysis) is 1. The summed E-state index contributed by atoms with van der Waals surface area (Å²) in [5, 5.41) is 10.5. The van der Waals surface area contributed by atoms with Gasteiger partial charge in [-0.25, -0.2) is 14.3 Å². The summed E-state index contributed by atoms with van der Waals surface area (Å²) in [6.07, 6.45) is 8.37. The van der Waals surface area contributed by atoms with E-state index in [0.29, 0.717) is 11.5 Å². The Bertz CT molecular complexity index is 1010. The molecule has 1 aromatic heterocycles. The quantitative estimate of drug-likeness (QED) is 0.539. The maximum absolute atomic E-state index is 13.5. The molecule has 10 nitrogen and oxygen atoms in total. The van der Waals surface area contributed by atoms with Crippen LogP contribution >= 0.6 is 0 Å². The third-order valence-electron chi connectivity index (χ3n) is 7.70. The molecule has 0 radical (unpaired) electrons. The molecule has 0 saturated heterocycles. The second-order valence-electron chi connectivity index (χ2n) is 11.3. The normalized spacial score (nSPS) is 29.4. The van der Waals surface area contributed by atoms with E-state index in [0.717, 1.165) is 37.8 Å². The van der Waals surface area contributed by atoms with Crippen molar-refractivity contribution >= 4 is 24.3 Å². The first-order valence-corrected chi connectivity index (χ1v) is 12.3. The number of amides is 3. The van der Waals surface area contributed by atoms with Crippen LogP contribution in [0.4, 0.5) is 9.59 Å². The van der Waals surface area contributed by atoms with Gasteiger partial charge in [0.15, 0.2) is 0 Å². The lowest BCUT2D eigenvalue weighted by atomic mass is 9.52. The Morgan fingerprint density at radius 3 is 2.46 bits per heavy atom. The zero-order valence-electron chi connectivity index (χ0n) is 21.2. The van der Waals surface area contributed by atoms with Crippen LogP contribution in [0, 0.1) is 17.8 Å². The molecule has 4 fully saturated rings. The van der Waals surface area contributed by atoms with Crippen molar-refractivity contribution in [2.45, 2.75) is 82.9 Å². The first kappa shape index (κ1) is 25.1. The average Bonchev–Trinajstić information content (AvgIpc) is 3.17. The van der Waals surface area contributed by atoms with Crippen LogP contribution in [0.2, 0.25) is 0 Å². The number of nitrogens with zero attached hydrogens (tertiary/aromatic N) is 2. The third-order valence-corrected chi connectivity index (χ3v) is 7.70. The van der Waals surface area contributed by atoms with Gasteiger partial charge in [0.2, 0.25) is 0 Å². The van der Waals surface area contributed by atoms with Gasteiger partial charge in [0.25, 0.3) is 5.91 Å². The van der Waals surface area contributed by atoms with E-state index < -0.39 is 23.3 Å². The molecule has 0 aliphatic heterocycles. The molecule has 0 spiro atoms. The molecular formula is C25H37N5O5. The number of nitrogens with two attached hydrogens (primary N) is 1. The summed E-state index contributed by atoms with van der Waals surface area (Å²) < 4.78 is 12.0. The molecule has 3 amide bonds. The van der Waals surface area contributed by atoms with Gasteiger partial charge in [-0.1, -0.05) is 13.8 Å². The molecule has 4 saturated carbocycles. The molecule has 35 heavy (non-hydrogen) atoms. The van der Waals surface area contributed by atoms with Crippen LogP contribution in [0.25, 0.3) is 6.20 Å². The Morgan fingerprint density at radius 1 is 1.23 bits per heavy atom. The van der Waals surface area contributed by atoms with E-state index in [1.165, 1.54) is 7.11 Å². The number of nitrogens with one attached hydrogen (secondary N) is 2. The molecule has 1 heterocycles. The van der Waals surface area contributed by atoms with Gasteiger partial charge < -0.3 is 25.8 Å². The van der Waals surface area contributed by atoms with Crippen molar-refractivity contribution in [3.8, 4) is 0 Å². The van der Waals surface area contributed by atoms with Crippen molar-refractivity contribution in [3.63, 3.8) is 0 Å². The SMILES string of the molecule is COC(=O)NC(C)(C)/C=C/n1ncc(C(=O)N[C@H]2C3CC4CC2C[C@@](OC(N)=O)(C4)C3)c1C(C)C. The highest BCUT2D eigenvalue weighted by Gasteiger charge is 2.57. The Balaban J connectivity index is 1.50. The summed E-state index contributed by atoms with van der Waals surface area (Å²) in [6.45, 7) is 7.72. The molecule has 4 bridgehead atoms. The van der Waals surface area contributed by atoms with E-state index in [-0.39, 0.29) is 29.7 Å². The van der Waals surface area contributed by atoms with Crippen molar-refractivity contribution in [1.82, 2.24) is 20.4 Å². The van der Waals surface area contributed by atoms with Crippen molar-refractivity contribution in [3.05, 3.63) is 23.5 Å². The zero-order chi connectivity index (χ0) is 25.5. The van der Waals surface area contributed by atoms with E-state index in [4.69, 9.17) is 10.5 Å². The molecule has 4 aliphatic rings. The fourth-order valence-corrected chi connectivity index (χ4v) is 6.61. The summed E-state index contributed by atoms with van der Waals surface area (Å²) in [4.78, 5) is 36.6. The summed E-state index contributed by atoms with van der Waals surface area (Å²) in [5.74, 6) is 0.966. The van der Waals surface area contributed by atoms with E-state index in [1.807, 2.05) is 27.7 Å². The van der Waals surface area contributed by atoms with Crippen molar-refractivity contribution in [2.75, 3.05) is 7.11 Å². The minimum absolute atomic E-state index is 0.0466. The molecule has 10 heteroatoms. The van der Waals surface area contributed by atoms with E-state index >= 15 is 0 Å². The highest BCUT2D eigenvalue weighted by Crippen LogP contribution is 2.57. The standard InChI is InChI=1S/C25H37N5O5/c1-14(2)20-18(13-27-30(20)7-6-24(3,4)29-23(33)34-5)21(31)28-19-16-8-15-9-17(19)12-25(10-15,11-16)35-22(26)32/h6-7,13-17,19H,8-12H2,1-5H3,(H2,26,32)(H,28,31)(H,29,33)/b7-6+/t15?,16?,17?,19-,25+. The Morgan fingerprint density at radius 2 is 1.89 bits per heavy atom.